The van der Waals surface area contributed by atoms with Gasteiger partial charge in [-0.15, -0.1) is 0 Å². The first-order valence-electron chi connectivity index (χ1n) is 7.22. The number of rotatable bonds is 5. The molecule has 132 valence electrons. The summed E-state index contributed by atoms with van der Waals surface area (Å²) in [5.41, 5.74) is 0.188. The van der Waals surface area contributed by atoms with Crippen molar-refractivity contribution in [2.24, 2.45) is 0 Å². The minimum Gasteiger partial charge on any atom is -0.496 e. The van der Waals surface area contributed by atoms with E-state index in [1.807, 2.05) is 0 Å². The number of carboxylic acids is 1. The number of methoxy groups -OCH3 is 1. The standard InChI is InChI=1S/C17H11ClN2O6/c1-25-16-8-13-10(7-11(16)17(21)22)15(4-5-19-13)26-9-2-3-14(20(23)24)12(18)6-9/h2-8H,1H3,(H,21,22). The van der Waals surface area contributed by atoms with Crippen LogP contribution in [0.15, 0.2) is 42.6 Å². The molecule has 0 unspecified atom stereocenters. The summed E-state index contributed by atoms with van der Waals surface area (Å²) in [6.45, 7) is 0. The van der Waals surface area contributed by atoms with Crippen LogP contribution in [0.4, 0.5) is 5.69 Å². The molecule has 0 fully saturated rings. The molecule has 0 bridgehead atoms. The summed E-state index contributed by atoms with van der Waals surface area (Å²) in [6, 6.07) is 8.38. The minimum atomic E-state index is -1.16. The van der Waals surface area contributed by atoms with E-state index in [0.717, 1.165) is 0 Å². The quantitative estimate of drug-likeness (QED) is 0.523. The number of nitrogens with zero attached hydrogens (tertiary/aromatic N) is 2. The Labute approximate surface area is 151 Å². The van der Waals surface area contributed by atoms with Crippen molar-refractivity contribution in [1.29, 1.82) is 0 Å². The fourth-order valence-corrected chi connectivity index (χ4v) is 2.64. The number of carboxylic acid groups (broad SMARTS) is 1. The van der Waals surface area contributed by atoms with Crippen molar-refractivity contribution in [1.82, 2.24) is 4.98 Å². The lowest BCUT2D eigenvalue weighted by molar-refractivity contribution is -0.384. The molecule has 0 aliphatic heterocycles. The van der Waals surface area contributed by atoms with Gasteiger partial charge in [-0.05, 0) is 18.2 Å². The van der Waals surface area contributed by atoms with E-state index in [4.69, 9.17) is 21.1 Å². The Morgan fingerprint density at radius 3 is 2.62 bits per heavy atom. The summed E-state index contributed by atoms with van der Waals surface area (Å²) >= 11 is 5.89. The number of halogens is 1. The zero-order valence-corrected chi connectivity index (χ0v) is 14.1. The number of nitro groups is 1. The van der Waals surface area contributed by atoms with E-state index in [2.05, 4.69) is 4.98 Å². The third-order valence-electron chi connectivity index (χ3n) is 3.60. The molecule has 0 atom stereocenters. The summed E-state index contributed by atoms with van der Waals surface area (Å²) in [4.78, 5) is 25.8. The predicted molar refractivity (Wildman–Crippen MR) is 93.4 cm³/mol. The summed E-state index contributed by atoms with van der Waals surface area (Å²) in [5, 5.41) is 20.5. The molecule has 1 aromatic heterocycles. The molecule has 8 nitrogen and oxygen atoms in total. The highest BCUT2D eigenvalue weighted by Gasteiger charge is 2.17. The van der Waals surface area contributed by atoms with Crippen LogP contribution < -0.4 is 9.47 Å². The molecule has 0 radical (unpaired) electrons. The van der Waals surface area contributed by atoms with E-state index in [1.165, 1.54) is 43.6 Å². The first-order valence-corrected chi connectivity index (χ1v) is 7.60. The molecule has 0 aliphatic carbocycles. The molecule has 3 aromatic rings. The van der Waals surface area contributed by atoms with Gasteiger partial charge in [0.05, 0.1) is 17.5 Å². The summed E-state index contributed by atoms with van der Waals surface area (Å²) < 4.78 is 10.8. The number of fused-ring (bicyclic) bond motifs is 1. The Bertz CT molecular complexity index is 1040. The van der Waals surface area contributed by atoms with Crippen molar-refractivity contribution in [3.8, 4) is 17.2 Å². The maximum Gasteiger partial charge on any atom is 0.339 e. The van der Waals surface area contributed by atoms with Crippen LogP contribution in [0.5, 0.6) is 17.2 Å². The summed E-state index contributed by atoms with van der Waals surface area (Å²) in [7, 11) is 1.37. The Morgan fingerprint density at radius 2 is 2.00 bits per heavy atom. The van der Waals surface area contributed by atoms with Gasteiger partial charge in [0.1, 0.15) is 27.8 Å². The molecule has 0 spiro atoms. The molecule has 1 N–H and O–H groups in total. The third kappa shape index (κ3) is 3.22. The van der Waals surface area contributed by atoms with Gasteiger partial charge in [0.25, 0.3) is 5.69 Å². The number of hydrogen-bond donors (Lipinski definition) is 1. The number of nitro benzene ring substituents is 1. The van der Waals surface area contributed by atoms with Crippen molar-refractivity contribution >= 4 is 34.2 Å². The molecule has 0 saturated heterocycles. The Hall–Kier alpha value is -3.39. The van der Waals surface area contributed by atoms with Crippen molar-refractivity contribution in [3.05, 3.63) is 63.3 Å². The average Bonchev–Trinajstić information content (AvgIpc) is 2.60. The molecule has 0 aliphatic rings. The van der Waals surface area contributed by atoms with E-state index in [9.17, 15) is 20.0 Å². The van der Waals surface area contributed by atoms with E-state index >= 15 is 0 Å². The van der Waals surface area contributed by atoms with Crippen molar-refractivity contribution < 1.29 is 24.3 Å². The predicted octanol–water partition coefficient (Wildman–Crippen LogP) is 4.30. The highest BCUT2D eigenvalue weighted by Crippen LogP contribution is 2.35. The first-order chi connectivity index (χ1) is 12.4. The number of carbonyl (C=O) groups is 1. The van der Waals surface area contributed by atoms with Crippen LogP contribution in [0.3, 0.4) is 0 Å². The Balaban J connectivity index is 2.08. The highest BCUT2D eigenvalue weighted by molar-refractivity contribution is 6.32. The second-order valence-electron chi connectivity index (χ2n) is 5.16. The molecule has 0 amide bonds. The fraction of sp³-hybridized carbons (Fsp3) is 0.0588. The number of hydrogen-bond acceptors (Lipinski definition) is 6. The van der Waals surface area contributed by atoms with Crippen LogP contribution in [0.25, 0.3) is 10.9 Å². The van der Waals surface area contributed by atoms with Gasteiger partial charge in [-0.3, -0.25) is 15.1 Å². The zero-order valence-electron chi connectivity index (χ0n) is 13.3. The van der Waals surface area contributed by atoms with Crippen LogP contribution in [0.2, 0.25) is 5.02 Å². The monoisotopic (exact) mass is 374 g/mol. The molecular weight excluding hydrogens is 364 g/mol. The SMILES string of the molecule is COc1cc2nccc(Oc3ccc([N+](=O)[O-])c(Cl)c3)c2cc1C(=O)O. The van der Waals surface area contributed by atoms with Gasteiger partial charge in [0.15, 0.2) is 0 Å². The lowest BCUT2D eigenvalue weighted by atomic mass is 10.1. The average molecular weight is 375 g/mol. The summed E-state index contributed by atoms with van der Waals surface area (Å²) in [6.07, 6.45) is 1.49. The van der Waals surface area contributed by atoms with E-state index in [-0.39, 0.29) is 27.8 Å². The van der Waals surface area contributed by atoms with Gasteiger partial charge >= 0.3 is 5.97 Å². The third-order valence-corrected chi connectivity index (χ3v) is 3.90. The van der Waals surface area contributed by atoms with Gasteiger partial charge in [-0.1, -0.05) is 11.6 Å². The zero-order chi connectivity index (χ0) is 18.8. The molecular formula is C17H11ClN2O6. The molecule has 0 saturated carbocycles. The first kappa shape index (κ1) is 17.4. The van der Waals surface area contributed by atoms with E-state index in [1.54, 1.807) is 6.07 Å². The van der Waals surface area contributed by atoms with Crippen LogP contribution in [-0.4, -0.2) is 28.1 Å². The van der Waals surface area contributed by atoms with Gasteiger partial charge < -0.3 is 14.6 Å². The highest BCUT2D eigenvalue weighted by atomic mass is 35.5. The smallest absolute Gasteiger partial charge is 0.339 e. The van der Waals surface area contributed by atoms with Crippen molar-refractivity contribution in [2.45, 2.75) is 0 Å². The van der Waals surface area contributed by atoms with Crippen LogP contribution >= 0.6 is 11.6 Å². The van der Waals surface area contributed by atoms with Gasteiger partial charge in [0, 0.05) is 29.8 Å². The normalized spacial score (nSPS) is 10.5. The number of aromatic carboxylic acids is 1. The molecule has 1 heterocycles. The fourth-order valence-electron chi connectivity index (χ4n) is 2.40. The van der Waals surface area contributed by atoms with Crippen LogP contribution in [0, 0.1) is 10.1 Å². The topological polar surface area (TPSA) is 112 Å². The number of ether oxygens (including phenoxy) is 2. The largest absolute Gasteiger partial charge is 0.496 e. The van der Waals surface area contributed by atoms with E-state index in [0.29, 0.717) is 16.7 Å². The molecule has 2 aromatic carbocycles. The van der Waals surface area contributed by atoms with E-state index < -0.39 is 10.9 Å². The van der Waals surface area contributed by atoms with Crippen LogP contribution in [-0.2, 0) is 0 Å². The van der Waals surface area contributed by atoms with Crippen molar-refractivity contribution in [2.75, 3.05) is 7.11 Å². The van der Waals surface area contributed by atoms with Gasteiger partial charge in [0.2, 0.25) is 0 Å². The number of benzene rings is 2. The maximum absolute atomic E-state index is 11.4. The van der Waals surface area contributed by atoms with Gasteiger partial charge in [-0.25, -0.2) is 4.79 Å². The lowest BCUT2D eigenvalue weighted by Gasteiger charge is -2.11. The maximum atomic E-state index is 11.4. The second-order valence-corrected chi connectivity index (χ2v) is 5.56. The second kappa shape index (κ2) is 6.85. The minimum absolute atomic E-state index is 0.0421. The van der Waals surface area contributed by atoms with Gasteiger partial charge in [-0.2, -0.15) is 0 Å². The molecule has 9 heteroatoms. The Kier molecular flexibility index (Phi) is 4.59. The lowest BCUT2D eigenvalue weighted by Crippen LogP contribution is -2.01. The Morgan fingerprint density at radius 1 is 1.23 bits per heavy atom. The molecule has 3 rings (SSSR count). The number of aromatic nitrogens is 1. The number of pyridine rings is 1. The van der Waals surface area contributed by atoms with Crippen LogP contribution in [0.1, 0.15) is 10.4 Å². The molecule has 26 heavy (non-hydrogen) atoms. The van der Waals surface area contributed by atoms with Crippen molar-refractivity contribution in [3.63, 3.8) is 0 Å². The summed E-state index contributed by atoms with van der Waals surface area (Å²) in [5.74, 6) is -0.393.